The van der Waals surface area contributed by atoms with Crippen molar-refractivity contribution in [2.45, 2.75) is 19.4 Å². The molecule has 0 bridgehead atoms. The van der Waals surface area contributed by atoms with Gasteiger partial charge in [-0.2, -0.15) is 0 Å². The Balaban J connectivity index is 3.27. The van der Waals surface area contributed by atoms with Gasteiger partial charge in [0.1, 0.15) is 0 Å². The van der Waals surface area contributed by atoms with E-state index < -0.39 is 12.4 Å². The average Bonchev–Trinajstić information content (AvgIpc) is 2.27. The largest absolute Gasteiger partial charge is 0.481 e. The van der Waals surface area contributed by atoms with Gasteiger partial charge in [-0.3, -0.25) is 4.79 Å². The number of hydrogen-bond acceptors (Lipinski definition) is 4. The molecule has 0 aliphatic rings. The van der Waals surface area contributed by atoms with Crippen LogP contribution in [0.1, 0.15) is 23.2 Å². The lowest BCUT2D eigenvalue weighted by molar-refractivity contribution is -0.136. The highest BCUT2D eigenvalue weighted by Gasteiger charge is 2.19. The van der Waals surface area contributed by atoms with Crippen LogP contribution >= 0.6 is 0 Å². The molecule has 17 heavy (non-hydrogen) atoms. The predicted octanol–water partition coefficient (Wildman–Crippen LogP) is 1.11. The topological polar surface area (TPSA) is 85.4 Å². The van der Waals surface area contributed by atoms with Gasteiger partial charge in [-0.05, 0) is 11.6 Å². The monoisotopic (exact) mass is 246 g/mol. The van der Waals surface area contributed by atoms with Crippen LogP contribution in [0.4, 0.5) is 8.78 Å². The number of methoxy groups -OCH3 is 1. The maximum Gasteiger partial charge on any atom is 0.309 e. The van der Waals surface area contributed by atoms with Gasteiger partial charge in [0.25, 0.3) is 6.43 Å². The van der Waals surface area contributed by atoms with Crippen LogP contribution < -0.4 is 10.5 Å². The van der Waals surface area contributed by atoms with E-state index >= 15 is 0 Å². The number of nitrogens with two attached hydrogens (primary N) is 1. The molecule has 0 fully saturated rings. The number of carbonyl (C=O) groups is 1. The Morgan fingerprint density at radius 2 is 2.29 bits per heavy atom. The van der Waals surface area contributed by atoms with Crippen molar-refractivity contribution in [2.75, 3.05) is 7.11 Å². The fourth-order valence-corrected chi connectivity index (χ4v) is 1.38. The molecule has 0 radical (unpaired) electrons. The summed E-state index contributed by atoms with van der Waals surface area (Å²) >= 11 is 0. The number of carboxylic acids is 1. The number of halogens is 2. The number of rotatable bonds is 5. The molecule has 0 spiro atoms. The van der Waals surface area contributed by atoms with Gasteiger partial charge in [0, 0.05) is 6.54 Å². The molecule has 0 unspecified atom stereocenters. The number of nitrogens with zero attached hydrogens (tertiary/aromatic N) is 1. The highest BCUT2D eigenvalue weighted by molar-refractivity contribution is 5.70. The lowest BCUT2D eigenvalue weighted by atomic mass is 10.1. The average molecular weight is 246 g/mol. The van der Waals surface area contributed by atoms with Gasteiger partial charge >= 0.3 is 5.97 Å². The summed E-state index contributed by atoms with van der Waals surface area (Å²) < 4.78 is 30.0. The van der Waals surface area contributed by atoms with Gasteiger partial charge in [-0.25, -0.2) is 13.8 Å². The Labute approximate surface area is 96.2 Å². The van der Waals surface area contributed by atoms with E-state index in [9.17, 15) is 13.6 Å². The molecule has 0 aliphatic heterocycles. The van der Waals surface area contributed by atoms with Crippen LogP contribution in [0.15, 0.2) is 6.07 Å². The van der Waals surface area contributed by atoms with E-state index in [2.05, 4.69) is 4.98 Å². The smallest absolute Gasteiger partial charge is 0.309 e. The van der Waals surface area contributed by atoms with Crippen LogP contribution in [0, 0.1) is 0 Å². The van der Waals surface area contributed by atoms with Gasteiger partial charge in [0.05, 0.1) is 24.8 Å². The summed E-state index contributed by atoms with van der Waals surface area (Å²) in [6.07, 6.45) is -3.13. The van der Waals surface area contributed by atoms with E-state index in [1.165, 1.54) is 7.11 Å². The summed E-state index contributed by atoms with van der Waals surface area (Å²) in [7, 11) is 1.20. The molecule has 3 N–H and O–H groups in total. The molecule has 7 heteroatoms. The zero-order chi connectivity index (χ0) is 13.0. The maximum atomic E-state index is 12.6. The first kappa shape index (κ1) is 13.3. The lowest BCUT2D eigenvalue weighted by Gasteiger charge is -2.12. The van der Waals surface area contributed by atoms with Gasteiger partial charge in [-0.15, -0.1) is 0 Å². The van der Waals surface area contributed by atoms with Crippen molar-refractivity contribution >= 4 is 5.97 Å². The molecular weight excluding hydrogens is 234 g/mol. The van der Waals surface area contributed by atoms with Crippen LogP contribution in [-0.4, -0.2) is 23.2 Å². The van der Waals surface area contributed by atoms with E-state index in [1.807, 2.05) is 0 Å². The van der Waals surface area contributed by atoms with Crippen molar-refractivity contribution in [2.24, 2.45) is 5.73 Å². The molecule has 94 valence electrons. The molecule has 1 rings (SSSR count). The quantitative estimate of drug-likeness (QED) is 0.812. The fraction of sp³-hybridized carbons (Fsp3) is 0.400. The highest BCUT2D eigenvalue weighted by atomic mass is 19.3. The molecular formula is C10H12F2N2O3. The number of alkyl halides is 2. The third kappa shape index (κ3) is 3.10. The minimum absolute atomic E-state index is 0.0562. The summed E-state index contributed by atoms with van der Waals surface area (Å²) in [4.78, 5) is 14.3. The minimum atomic E-state index is -2.75. The Morgan fingerprint density at radius 1 is 1.65 bits per heavy atom. The van der Waals surface area contributed by atoms with Crippen LogP contribution in [0.2, 0.25) is 0 Å². The molecule has 0 aromatic carbocycles. The molecule has 0 atom stereocenters. The first-order valence-electron chi connectivity index (χ1n) is 4.76. The van der Waals surface area contributed by atoms with E-state index in [0.29, 0.717) is 0 Å². The van der Waals surface area contributed by atoms with E-state index in [1.54, 1.807) is 0 Å². The van der Waals surface area contributed by atoms with Crippen LogP contribution in [0.25, 0.3) is 0 Å². The van der Waals surface area contributed by atoms with Crippen molar-refractivity contribution in [1.29, 1.82) is 0 Å². The number of carboxylic acid groups (broad SMARTS) is 1. The number of aromatic nitrogens is 1. The van der Waals surface area contributed by atoms with Crippen molar-refractivity contribution in [3.63, 3.8) is 0 Å². The number of pyridine rings is 1. The zero-order valence-corrected chi connectivity index (χ0v) is 9.11. The Bertz CT molecular complexity index is 424. The third-order valence-electron chi connectivity index (χ3n) is 2.15. The van der Waals surface area contributed by atoms with Gasteiger partial charge in [-0.1, -0.05) is 0 Å². The fourth-order valence-electron chi connectivity index (χ4n) is 1.38. The van der Waals surface area contributed by atoms with Crippen LogP contribution in [0.3, 0.4) is 0 Å². The Kier molecular flexibility index (Phi) is 4.33. The second-order valence-corrected chi connectivity index (χ2v) is 3.27. The molecule has 0 aliphatic carbocycles. The Hall–Kier alpha value is -1.76. The lowest BCUT2D eigenvalue weighted by Crippen LogP contribution is -2.11. The molecule has 0 saturated carbocycles. The number of ether oxygens (including phenoxy) is 1. The number of hydrogen-bond donors (Lipinski definition) is 2. The summed E-state index contributed by atoms with van der Waals surface area (Å²) in [6, 6.07) is 1.13. The number of aliphatic carboxylic acids is 1. The normalized spacial score (nSPS) is 10.6. The first-order chi connectivity index (χ1) is 7.99. The Morgan fingerprint density at radius 3 is 2.71 bits per heavy atom. The summed E-state index contributed by atoms with van der Waals surface area (Å²) in [6.45, 7) is -0.0562. The predicted molar refractivity (Wildman–Crippen MR) is 55.0 cm³/mol. The van der Waals surface area contributed by atoms with Crippen LogP contribution in [-0.2, 0) is 17.8 Å². The standard InChI is InChI=1S/C10H12F2N2O3/c1-17-10-6(9(11)12)2-5(4-13)7(14-10)3-8(15)16/h2,9H,3-4,13H2,1H3,(H,15,16). The van der Waals surface area contributed by atoms with Gasteiger partial charge in [0.2, 0.25) is 5.88 Å². The van der Waals surface area contributed by atoms with E-state index in [0.717, 1.165) is 6.07 Å². The third-order valence-corrected chi connectivity index (χ3v) is 2.15. The van der Waals surface area contributed by atoms with Crippen molar-refractivity contribution in [1.82, 2.24) is 4.98 Å². The molecule has 1 aromatic rings. The van der Waals surface area contributed by atoms with Crippen molar-refractivity contribution in [3.8, 4) is 5.88 Å². The summed E-state index contributed by atoms with van der Waals surface area (Å²) in [5.41, 5.74) is 5.40. The molecule has 1 aromatic heterocycles. The van der Waals surface area contributed by atoms with Crippen molar-refractivity contribution in [3.05, 3.63) is 22.9 Å². The van der Waals surface area contributed by atoms with Crippen LogP contribution in [0.5, 0.6) is 5.88 Å². The second kappa shape index (κ2) is 5.53. The van der Waals surface area contributed by atoms with Gasteiger partial charge in [0.15, 0.2) is 0 Å². The molecule has 0 saturated heterocycles. The second-order valence-electron chi connectivity index (χ2n) is 3.27. The molecule has 5 nitrogen and oxygen atoms in total. The summed E-state index contributed by atoms with van der Waals surface area (Å²) in [5, 5.41) is 8.66. The molecule has 0 amide bonds. The minimum Gasteiger partial charge on any atom is -0.481 e. The highest BCUT2D eigenvalue weighted by Crippen LogP contribution is 2.29. The SMILES string of the molecule is COc1nc(CC(=O)O)c(CN)cc1C(F)F. The van der Waals surface area contributed by atoms with E-state index in [4.69, 9.17) is 15.6 Å². The zero-order valence-electron chi connectivity index (χ0n) is 9.11. The maximum absolute atomic E-state index is 12.6. The van der Waals surface area contributed by atoms with Crippen molar-refractivity contribution < 1.29 is 23.4 Å². The first-order valence-corrected chi connectivity index (χ1v) is 4.76. The molecule has 1 heterocycles. The van der Waals surface area contributed by atoms with Gasteiger partial charge < -0.3 is 15.6 Å². The van der Waals surface area contributed by atoms with E-state index in [-0.39, 0.29) is 35.7 Å². The summed E-state index contributed by atoms with van der Waals surface area (Å²) in [5.74, 6) is -1.38.